The molecule has 2 heterocycles. The quantitative estimate of drug-likeness (QED) is 0.509. The molecule has 8 nitrogen and oxygen atoms in total. The summed E-state index contributed by atoms with van der Waals surface area (Å²) < 4.78 is 15.8. The van der Waals surface area contributed by atoms with Crippen LogP contribution in [0.3, 0.4) is 0 Å². The number of rotatable bonds is 4. The molecule has 0 amide bonds. The average molecular weight is 364 g/mol. The Labute approximate surface area is 154 Å². The van der Waals surface area contributed by atoms with E-state index in [2.05, 4.69) is 25.3 Å². The molecule has 0 aliphatic carbocycles. The van der Waals surface area contributed by atoms with E-state index in [1.165, 1.54) is 12.1 Å². The summed E-state index contributed by atoms with van der Waals surface area (Å²) in [4.78, 5) is 16.5. The van der Waals surface area contributed by atoms with Crippen LogP contribution in [-0.4, -0.2) is 24.5 Å². The molecular weight excluding hydrogens is 347 g/mol. The lowest BCUT2D eigenvalue weighted by Crippen LogP contribution is -2.16. The van der Waals surface area contributed by atoms with Gasteiger partial charge in [0.15, 0.2) is 0 Å². The third-order valence-electron chi connectivity index (χ3n) is 4.06. The van der Waals surface area contributed by atoms with Gasteiger partial charge in [-0.2, -0.15) is 15.0 Å². The minimum Gasteiger partial charge on any atom is -0.368 e. The van der Waals surface area contributed by atoms with Crippen molar-refractivity contribution in [1.29, 1.82) is 0 Å². The second kappa shape index (κ2) is 6.52. The van der Waals surface area contributed by atoms with E-state index in [1.54, 1.807) is 6.07 Å². The molecule has 4 aromatic rings. The van der Waals surface area contributed by atoms with Crippen LogP contribution in [0.4, 0.5) is 22.2 Å². The van der Waals surface area contributed by atoms with Crippen LogP contribution in [0.2, 0.25) is 0 Å². The highest BCUT2D eigenvalue weighted by molar-refractivity contribution is 5.78. The predicted molar refractivity (Wildman–Crippen MR) is 102 cm³/mol. The predicted octanol–water partition coefficient (Wildman–Crippen LogP) is 2.69. The molecule has 0 saturated heterocycles. The van der Waals surface area contributed by atoms with Crippen LogP contribution in [0, 0.1) is 5.82 Å². The van der Waals surface area contributed by atoms with E-state index in [0.29, 0.717) is 16.9 Å². The van der Waals surface area contributed by atoms with Gasteiger partial charge in [-0.15, -0.1) is 0 Å². The van der Waals surface area contributed by atoms with Gasteiger partial charge in [-0.3, -0.25) is 4.57 Å². The molecule has 1 unspecified atom stereocenters. The highest BCUT2D eigenvalue weighted by Crippen LogP contribution is 2.27. The Hall–Kier alpha value is -3.75. The third-order valence-corrected chi connectivity index (χ3v) is 4.06. The fourth-order valence-electron chi connectivity index (χ4n) is 2.94. The lowest BCUT2D eigenvalue weighted by Gasteiger charge is -2.16. The second-order valence-corrected chi connectivity index (χ2v) is 6.02. The fourth-order valence-corrected chi connectivity index (χ4v) is 2.94. The molecule has 0 radical (unpaired) electrons. The van der Waals surface area contributed by atoms with Crippen molar-refractivity contribution in [2.24, 2.45) is 0 Å². The number of hydrogen-bond donors (Lipinski definition) is 3. The molecule has 27 heavy (non-hydrogen) atoms. The van der Waals surface area contributed by atoms with Gasteiger partial charge < -0.3 is 16.8 Å². The van der Waals surface area contributed by atoms with Crippen molar-refractivity contribution >= 4 is 28.9 Å². The van der Waals surface area contributed by atoms with Gasteiger partial charge in [-0.05, 0) is 31.2 Å². The smallest absolute Gasteiger partial charge is 0.229 e. The van der Waals surface area contributed by atoms with Crippen molar-refractivity contribution in [3.8, 4) is 5.69 Å². The first-order valence-corrected chi connectivity index (χ1v) is 8.28. The summed E-state index contributed by atoms with van der Waals surface area (Å²) in [7, 11) is 0. The molecule has 5 N–H and O–H groups in total. The van der Waals surface area contributed by atoms with Crippen molar-refractivity contribution in [2.75, 3.05) is 16.8 Å². The molecular formula is C18H17FN8. The van der Waals surface area contributed by atoms with Gasteiger partial charge in [0.1, 0.15) is 11.6 Å². The van der Waals surface area contributed by atoms with Gasteiger partial charge in [0.2, 0.25) is 17.8 Å². The topological polar surface area (TPSA) is 121 Å². The van der Waals surface area contributed by atoms with Crippen LogP contribution in [0.1, 0.15) is 18.8 Å². The summed E-state index contributed by atoms with van der Waals surface area (Å²) >= 11 is 0. The van der Waals surface area contributed by atoms with Gasteiger partial charge in [0.05, 0.1) is 17.1 Å². The summed E-state index contributed by atoms with van der Waals surface area (Å²) in [5.74, 6) is 0.626. The normalized spacial score (nSPS) is 12.2. The Kier molecular flexibility index (Phi) is 4.03. The first kappa shape index (κ1) is 16.7. The van der Waals surface area contributed by atoms with E-state index < -0.39 is 0 Å². The molecule has 9 heteroatoms. The average Bonchev–Trinajstić information content (AvgIpc) is 3.00. The maximum absolute atomic E-state index is 13.9. The number of aromatic nitrogens is 5. The van der Waals surface area contributed by atoms with Crippen LogP contribution < -0.4 is 16.8 Å². The molecule has 1 atom stereocenters. The number of hydrogen-bond acceptors (Lipinski definition) is 7. The fraction of sp³-hybridized carbons (Fsp3) is 0.111. The summed E-state index contributed by atoms with van der Waals surface area (Å²) in [6.07, 6.45) is 0. The molecule has 4 rings (SSSR count). The molecule has 0 bridgehead atoms. The van der Waals surface area contributed by atoms with E-state index in [1.807, 2.05) is 41.8 Å². The molecule has 0 saturated carbocycles. The largest absolute Gasteiger partial charge is 0.368 e. The molecule has 0 aliphatic rings. The second-order valence-electron chi connectivity index (χ2n) is 6.02. The minimum atomic E-state index is -0.329. The molecule has 0 spiro atoms. The first-order valence-electron chi connectivity index (χ1n) is 8.28. The number of nitrogens with one attached hydrogen (secondary N) is 1. The minimum absolute atomic E-state index is 0.0239. The summed E-state index contributed by atoms with van der Waals surface area (Å²) in [5, 5.41) is 3.13. The van der Waals surface area contributed by atoms with Gasteiger partial charge in [0.25, 0.3) is 0 Å². The van der Waals surface area contributed by atoms with Crippen LogP contribution in [0.5, 0.6) is 0 Å². The Morgan fingerprint density at radius 3 is 2.37 bits per heavy atom. The monoisotopic (exact) mass is 364 g/mol. The third kappa shape index (κ3) is 3.22. The van der Waals surface area contributed by atoms with E-state index in [9.17, 15) is 4.39 Å². The van der Waals surface area contributed by atoms with Crippen molar-refractivity contribution in [2.45, 2.75) is 13.0 Å². The van der Waals surface area contributed by atoms with E-state index >= 15 is 0 Å². The highest BCUT2D eigenvalue weighted by Gasteiger charge is 2.19. The van der Waals surface area contributed by atoms with E-state index in [0.717, 1.165) is 5.69 Å². The number of benzene rings is 2. The van der Waals surface area contributed by atoms with Crippen LogP contribution in [0.25, 0.3) is 16.7 Å². The van der Waals surface area contributed by atoms with Gasteiger partial charge in [-0.1, -0.05) is 18.2 Å². The van der Waals surface area contributed by atoms with Gasteiger partial charge in [-0.25, -0.2) is 9.37 Å². The molecule has 0 aliphatic heterocycles. The van der Waals surface area contributed by atoms with Crippen molar-refractivity contribution in [3.63, 3.8) is 0 Å². The molecule has 2 aromatic heterocycles. The molecule has 0 fully saturated rings. The van der Waals surface area contributed by atoms with Crippen molar-refractivity contribution < 1.29 is 4.39 Å². The Bertz CT molecular complexity index is 1090. The van der Waals surface area contributed by atoms with E-state index in [-0.39, 0.29) is 29.7 Å². The number of nitrogens with two attached hydrogens (primary N) is 2. The standard InChI is InChI=1S/C18H17FN8/c1-10(22-18-25-16(20)24-17(21)26-18)15-23-13-8-7-11(19)9-14(13)27(15)12-5-3-2-4-6-12/h2-10H,1H3,(H5,20,21,22,24,25,26). The van der Waals surface area contributed by atoms with Crippen LogP contribution >= 0.6 is 0 Å². The van der Waals surface area contributed by atoms with Crippen molar-refractivity contribution in [3.05, 3.63) is 60.2 Å². The maximum atomic E-state index is 13.9. The number of nitrogens with zero attached hydrogens (tertiary/aromatic N) is 5. The summed E-state index contributed by atoms with van der Waals surface area (Å²) in [5.41, 5.74) is 13.5. The SMILES string of the molecule is CC(Nc1nc(N)nc(N)n1)c1nc2ccc(F)cc2n1-c1ccccc1. The lowest BCUT2D eigenvalue weighted by molar-refractivity contribution is 0.629. The first-order chi connectivity index (χ1) is 13.0. The maximum Gasteiger partial charge on any atom is 0.229 e. The van der Waals surface area contributed by atoms with Crippen molar-refractivity contribution in [1.82, 2.24) is 24.5 Å². The number of imidazole rings is 1. The van der Waals surface area contributed by atoms with E-state index in [4.69, 9.17) is 11.5 Å². The zero-order chi connectivity index (χ0) is 19.0. The van der Waals surface area contributed by atoms with Gasteiger partial charge >= 0.3 is 0 Å². The number of nitrogen functional groups attached to an aromatic ring is 2. The summed E-state index contributed by atoms with van der Waals surface area (Å²) in [6, 6.07) is 13.8. The number of anilines is 3. The molecule has 136 valence electrons. The lowest BCUT2D eigenvalue weighted by atomic mass is 10.2. The summed E-state index contributed by atoms with van der Waals surface area (Å²) in [6.45, 7) is 1.90. The number of para-hydroxylation sites is 1. The van der Waals surface area contributed by atoms with Gasteiger partial charge in [0, 0.05) is 11.8 Å². The highest BCUT2D eigenvalue weighted by atomic mass is 19.1. The zero-order valence-corrected chi connectivity index (χ0v) is 14.5. The Balaban J connectivity index is 1.83. The molecule has 2 aromatic carbocycles. The number of fused-ring (bicyclic) bond motifs is 1. The number of halogens is 1. The van der Waals surface area contributed by atoms with Crippen LogP contribution in [-0.2, 0) is 0 Å². The Morgan fingerprint density at radius 2 is 1.67 bits per heavy atom. The Morgan fingerprint density at radius 1 is 0.963 bits per heavy atom. The van der Waals surface area contributed by atoms with Crippen LogP contribution in [0.15, 0.2) is 48.5 Å². The zero-order valence-electron chi connectivity index (χ0n) is 14.5.